The Labute approximate surface area is 108 Å². The SMILES string of the molecule is CCN(CC)CCOCn1cnc2ccccc21. The van der Waals surface area contributed by atoms with Gasteiger partial charge in [-0.1, -0.05) is 26.0 Å². The maximum atomic E-state index is 5.70. The maximum Gasteiger partial charge on any atom is 0.124 e. The average Bonchev–Trinajstić information content (AvgIpc) is 2.82. The number of benzene rings is 1. The van der Waals surface area contributed by atoms with Gasteiger partial charge >= 0.3 is 0 Å². The highest BCUT2D eigenvalue weighted by atomic mass is 16.5. The lowest BCUT2D eigenvalue weighted by atomic mass is 10.3. The van der Waals surface area contributed by atoms with Crippen LogP contribution in [0.2, 0.25) is 0 Å². The normalized spacial score (nSPS) is 11.5. The number of rotatable bonds is 7. The van der Waals surface area contributed by atoms with Crippen molar-refractivity contribution in [1.82, 2.24) is 14.5 Å². The third-order valence-electron chi connectivity index (χ3n) is 3.20. The molecule has 1 heterocycles. The summed E-state index contributed by atoms with van der Waals surface area (Å²) in [5.74, 6) is 0. The molecule has 0 aliphatic heterocycles. The summed E-state index contributed by atoms with van der Waals surface area (Å²) >= 11 is 0. The molecule has 0 amide bonds. The van der Waals surface area contributed by atoms with Gasteiger partial charge < -0.3 is 14.2 Å². The minimum absolute atomic E-state index is 0.571. The molecule has 0 bridgehead atoms. The topological polar surface area (TPSA) is 30.3 Å². The summed E-state index contributed by atoms with van der Waals surface area (Å²) in [5.41, 5.74) is 2.14. The zero-order chi connectivity index (χ0) is 12.8. The molecular formula is C14H21N3O. The Kier molecular flexibility index (Phi) is 4.73. The Morgan fingerprint density at radius 3 is 2.78 bits per heavy atom. The van der Waals surface area contributed by atoms with E-state index in [1.807, 2.05) is 29.1 Å². The Morgan fingerprint density at radius 2 is 2.00 bits per heavy atom. The van der Waals surface area contributed by atoms with Crippen molar-refractivity contribution >= 4 is 11.0 Å². The van der Waals surface area contributed by atoms with Crippen LogP contribution in [0, 0.1) is 0 Å². The van der Waals surface area contributed by atoms with E-state index in [9.17, 15) is 0 Å². The molecule has 98 valence electrons. The van der Waals surface area contributed by atoms with E-state index in [4.69, 9.17) is 4.74 Å². The molecule has 0 atom stereocenters. The third kappa shape index (κ3) is 3.09. The van der Waals surface area contributed by atoms with Crippen LogP contribution >= 0.6 is 0 Å². The van der Waals surface area contributed by atoms with Crippen LogP contribution in [0.5, 0.6) is 0 Å². The van der Waals surface area contributed by atoms with Crippen molar-refractivity contribution in [2.45, 2.75) is 20.6 Å². The summed E-state index contributed by atoms with van der Waals surface area (Å²) in [7, 11) is 0. The molecule has 18 heavy (non-hydrogen) atoms. The summed E-state index contributed by atoms with van der Waals surface area (Å²) in [5, 5.41) is 0. The van der Waals surface area contributed by atoms with Gasteiger partial charge in [0, 0.05) is 6.54 Å². The lowest BCUT2D eigenvalue weighted by Crippen LogP contribution is -2.27. The molecule has 2 rings (SSSR count). The number of fused-ring (bicyclic) bond motifs is 1. The van der Waals surface area contributed by atoms with Crippen LogP contribution < -0.4 is 0 Å². The molecule has 0 aliphatic rings. The molecule has 4 nitrogen and oxygen atoms in total. The molecule has 0 N–H and O–H groups in total. The first-order valence-electron chi connectivity index (χ1n) is 6.55. The van der Waals surface area contributed by atoms with Crippen LogP contribution in [-0.2, 0) is 11.5 Å². The van der Waals surface area contributed by atoms with E-state index >= 15 is 0 Å². The molecule has 2 aromatic rings. The molecule has 0 aliphatic carbocycles. The smallest absolute Gasteiger partial charge is 0.124 e. The number of ether oxygens (including phenoxy) is 1. The van der Waals surface area contributed by atoms with E-state index in [-0.39, 0.29) is 0 Å². The fraction of sp³-hybridized carbons (Fsp3) is 0.500. The van der Waals surface area contributed by atoms with Gasteiger partial charge in [-0.2, -0.15) is 0 Å². The largest absolute Gasteiger partial charge is 0.359 e. The molecule has 0 unspecified atom stereocenters. The molecule has 0 saturated heterocycles. The highest BCUT2D eigenvalue weighted by Crippen LogP contribution is 2.11. The summed E-state index contributed by atoms with van der Waals surface area (Å²) in [4.78, 5) is 6.69. The predicted octanol–water partition coefficient (Wildman–Crippen LogP) is 2.35. The van der Waals surface area contributed by atoms with E-state index in [1.165, 1.54) is 0 Å². The molecule has 1 aromatic carbocycles. The van der Waals surface area contributed by atoms with Gasteiger partial charge in [-0.25, -0.2) is 4.98 Å². The Balaban J connectivity index is 1.83. The van der Waals surface area contributed by atoms with Gasteiger partial charge in [0.1, 0.15) is 6.73 Å². The summed E-state index contributed by atoms with van der Waals surface area (Å²) in [6.07, 6.45) is 1.84. The number of imidazole rings is 1. The van der Waals surface area contributed by atoms with Crippen LogP contribution in [0.3, 0.4) is 0 Å². The highest BCUT2D eigenvalue weighted by molar-refractivity contribution is 5.74. The summed E-state index contributed by atoms with van der Waals surface area (Å²) in [6, 6.07) is 8.11. The van der Waals surface area contributed by atoms with E-state index in [0.29, 0.717) is 6.73 Å². The fourth-order valence-electron chi connectivity index (χ4n) is 2.01. The van der Waals surface area contributed by atoms with Gasteiger partial charge in [-0.3, -0.25) is 0 Å². The van der Waals surface area contributed by atoms with Crippen molar-refractivity contribution in [3.8, 4) is 0 Å². The second-order valence-corrected chi connectivity index (χ2v) is 4.27. The third-order valence-corrected chi connectivity index (χ3v) is 3.20. The lowest BCUT2D eigenvalue weighted by Gasteiger charge is -2.17. The highest BCUT2D eigenvalue weighted by Gasteiger charge is 2.02. The monoisotopic (exact) mass is 247 g/mol. The maximum absolute atomic E-state index is 5.70. The Bertz CT molecular complexity index is 477. The quantitative estimate of drug-likeness (QED) is 0.704. The fourth-order valence-corrected chi connectivity index (χ4v) is 2.01. The number of hydrogen-bond donors (Lipinski definition) is 0. The lowest BCUT2D eigenvalue weighted by molar-refractivity contribution is 0.0617. The minimum Gasteiger partial charge on any atom is -0.359 e. The van der Waals surface area contributed by atoms with Crippen molar-refractivity contribution in [3.05, 3.63) is 30.6 Å². The van der Waals surface area contributed by atoms with Gasteiger partial charge in [0.15, 0.2) is 0 Å². The zero-order valence-corrected chi connectivity index (χ0v) is 11.2. The number of likely N-dealkylation sites (N-methyl/N-ethyl adjacent to an activating group) is 1. The van der Waals surface area contributed by atoms with E-state index in [0.717, 1.165) is 37.3 Å². The predicted molar refractivity (Wildman–Crippen MR) is 73.5 cm³/mol. The number of aromatic nitrogens is 2. The van der Waals surface area contributed by atoms with Gasteiger partial charge in [0.05, 0.1) is 24.0 Å². The second-order valence-electron chi connectivity index (χ2n) is 4.27. The first-order valence-corrected chi connectivity index (χ1v) is 6.55. The Morgan fingerprint density at radius 1 is 1.22 bits per heavy atom. The number of nitrogens with zero attached hydrogens (tertiary/aromatic N) is 3. The van der Waals surface area contributed by atoms with Crippen LogP contribution in [0.15, 0.2) is 30.6 Å². The van der Waals surface area contributed by atoms with Crippen LogP contribution in [-0.4, -0.2) is 40.7 Å². The van der Waals surface area contributed by atoms with Crippen LogP contribution in [0.25, 0.3) is 11.0 Å². The molecule has 0 fully saturated rings. The second kappa shape index (κ2) is 6.52. The number of hydrogen-bond acceptors (Lipinski definition) is 3. The van der Waals surface area contributed by atoms with Crippen LogP contribution in [0.4, 0.5) is 0 Å². The van der Waals surface area contributed by atoms with Gasteiger partial charge in [-0.05, 0) is 25.2 Å². The molecule has 0 saturated carbocycles. The van der Waals surface area contributed by atoms with Crippen molar-refractivity contribution in [1.29, 1.82) is 0 Å². The van der Waals surface area contributed by atoms with Crippen molar-refractivity contribution in [3.63, 3.8) is 0 Å². The van der Waals surface area contributed by atoms with Crippen molar-refractivity contribution in [2.75, 3.05) is 26.2 Å². The Hall–Kier alpha value is -1.39. The molecule has 4 heteroatoms. The zero-order valence-electron chi connectivity index (χ0n) is 11.2. The summed E-state index contributed by atoms with van der Waals surface area (Å²) in [6.45, 7) is 8.82. The van der Waals surface area contributed by atoms with E-state index < -0.39 is 0 Å². The van der Waals surface area contributed by atoms with Gasteiger partial charge in [0.25, 0.3) is 0 Å². The number of para-hydroxylation sites is 2. The molecule has 0 radical (unpaired) electrons. The molecule has 0 spiro atoms. The first-order chi connectivity index (χ1) is 8.85. The van der Waals surface area contributed by atoms with E-state index in [1.54, 1.807) is 0 Å². The first kappa shape index (κ1) is 13.1. The van der Waals surface area contributed by atoms with Crippen molar-refractivity contribution in [2.24, 2.45) is 0 Å². The van der Waals surface area contributed by atoms with Crippen molar-refractivity contribution < 1.29 is 4.74 Å². The van der Waals surface area contributed by atoms with Crippen LogP contribution in [0.1, 0.15) is 13.8 Å². The minimum atomic E-state index is 0.571. The molecular weight excluding hydrogens is 226 g/mol. The molecule has 1 aromatic heterocycles. The average molecular weight is 247 g/mol. The standard InChI is InChI=1S/C14H21N3O/c1-3-16(4-2)9-10-18-12-17-11-15-13-7-5-6-8-14(13)17/h5-8,11H,3-4,9-10,12H2,1-2H3. The van der Waals surface area contributed by atoms with Gasteiger partial charge in [0.2, 0.25) is 0 Å². The van der Waals surface area contributed by atoms with E-state index in [2.05, 4.69) is 29.8 Å². The summed E-state index contributed by atoms with van der Waals surface area (Å²) < 4.78 is 7.74. The van der Waals surface area contributed by atoms with Gasteiger partial charge in [-0.15, -0.1) is 0 Å².